The Hall–Kier alpha value is -0.650. The predicted molar refractivity (Wildman–Crippen MR) is 110 cm³/mol. The van der Waals surface area contributed by atoms with Gasteiger partial charge in [0.25, 0.3) is 0 Å². The van der Waals surface area contributed by atoms with E-state index in [-0.39, 0.29) is 22.9 Å². The third kappa shape index (κ3) is 2.87. The summed E-state index contributed by atoms with van der Waals surface area (Å²) >= 11 is 0. The lowest BCUT2D eigenvalue weighted by Gasteiger charge is -2.63. The molecule has 0 spiro atoms. The van der Waals surface area contributed by atoms with E-state index in [2.05, 4.69) is 13.8 Å². The summed E-state index contributed by atoms with van der Waals surface area (Å²) in [6.07, 6.45) is 9.54. The first kappa shape index (κ1) is 20.6. The van der Waals surface area contributed by atoms with Crippen LogP contribution in [0.25, 0.3) is 0 Å². The molecule has 0 saturated heterocycles. The van der Waals surface area contributed by atoms with Gasteiger partial charge < -0.3 is 20.7 Å². The minimum atomic E-state index is -0.686. The lowest BCUT2D eigenvalue weighted by atomic mass is 9.43. The van der Waals surface area contributed by atoms with E-state index in [0.29, 0.717) is 36.8 Å². The number of nitrogens with two attached hydrogens (primary N) is 1. The SMILES string of the molecule is C[C@]12CC[C@H](O)C[C@H]1CC[C@@H]1[C@@H]2CC[C@]2(C)[C@@H](C(=N)OCCCN)CC[C@]12O. The molecular weight excluding hydrogens is 352 g/mol. The van der Waals surface area contributed by atoms with Gasteiger partial charge in [-0.25, -0.2) is 0 Å². The summed E-state index contributed by atoms with van der Waals surface area (Å²) in [7, 11) is 0. The number of hydrogen-bond acceptors (Lipinski definition) is 5. The Bertz CT molecular complexity index is 613. The Labute approximate surface area is 169 Å². The summed E-state index contributed by atoms with van der Waals surface area (Å²) in [6.45, 7) is 5.75. The molecule has 160 valence electrons. The molecule has 0 amide bonds. The van der Waals surface area contributed by atoms with Crippen molar-refractivity contribution in [2.24, 2.45) is 40.2 Å². The van der Waals surface area contributed by atoms with E-state index >= 15 is 0 Å². The number of ether oxygens (including phenoxy) is 1. The first-order chi connectivity index (χ1) is 13.3. The molecule has 0 unspecified atom stereocenters. The molecule has 0 heterocycles. The van der Waals surface area contributed by atoms with Gasteiger partial charge >= 0.3 is 0 Å². The zero-order valence-electron chi connectivity index (χ0n) is 17.8. The number of hydrogen-bond donors (Lipinski definition) is 4. The smallest absolute Gasteiger partial charge is 0.184 e. The molecule has 0 aromatic rings. The first-order valence-corrected chi connectivity index (χ1v) is 11.6. The van der Waals surface area contributed by atoms with Crippen molar-refractivity contribution in [1.29, 1.82) is 5.41 Å². The second-order valence-electron chi connectivity index (χ2n) is 10.7. The monoisotopic (exact) mass is 392 g/mol. The maximum absolute atomic E-state index is 12.1. The first-order valence-electron chi connectivity index (χ1n) is 11.6. The highest BCUT2D eigenvalue weighted by atomic mass is 16.5. The van der Waals surface area contributed by atoms with Crippen LogP contribution in [-0.4, -0.2) is 41.0 Å². The lowest BCUT2D eigenvalue weighted by Crippen LogP contribution is -2.62. The number of nitrogens with one attached hydrogen (secondary N) is 1. The van der Waals surface area contributed by atoms with E-state index in [4.69, 9.17) is 15.9 Å². The Balaban J connectivity index is 1.56. The normalized spacial score (nSPS) is 50.4. The maximum atomic E-state index is 12.1. The fourth-order valence-corrected chi connectivity index (χ4v) is 7.99. The molecule has 0 bridgehead atoms. The third-order valence-electron chi connectivity index (χ3n) is 9.75. The van der Waals surface area contributed by atoms with Crippen LogP contribution in [0.4, 0.5) is 0 Å². The van der Waals surface area contributed by atoms with Crippen molar-refractivity contribution < 1.29 is 14.9 Å². The predicted octanol–water partition coefficient (Wildman–Crippen LogP) is 3.46. The van der Waals surface area contributed by atoms with Crippen LogP contribution in [0.2, 0.25) is 0 Å². The summed E-state index contributed by atoms with van der Waals surface area (Å²) in [6, 6.07) is 0. The van der Waals surface area contributed by atoms with Gasteiger partial charge in [-0.05, 0) is 93.9 Å². The number of aliphatic hydroxyl groups is 2. The Morgan fingerprint density at radius 2 is 1.86 bits per heavy atom. The molecule has 4 aliphatic rings. The average molecular weight is 393 g/mol. The summed E-state index contributed by atoms with van der Waals surface area (Å²) < 4.78 is 5.74. The van der Waals surface area contributed by atoms with E-state index in [0.717, 1.165) is 64.2 Å². The van der Waals surface area contributed by atoms with E-state index in [1.807, 2.05) is 0 Å². The average Bonchev–Trinajstić information content (AvgIpc) is 2.94. The second-order valence-corrected chi connectivity index (χ2v) is 10.7. The number of fused-ring (bicyclic) bond motifs is 5. The highest BCUT2D eigenvalue weighted by Crippen LogP contribution is 2.69. The van der Waals surface area contributed by atoms with E-state index in [9.17, 15) is 10.2 Å². The molecule has 0 aromatic carbocycles. The van der Waals surface area contributed by atoms with Crippen molar-refractivity contribution in [3.05, 3.63) is 0 Å². The largest absolute Gasteiger partial charge is 0.481 e. The van der Waals surface area contributed by atoms with E-state index in [1.165, 1.54) is 0 Å². The van der Waals surface area contributed by atoms with Crippen LogP contribution < -0.4 is 5.73 Å². The fraction of sp³-hybridized carbons (Fsp3) is 0.957. The number of aliphatic hydroxyl groups excluding tert-OH is 1. The Morgan fingerprint density at radius 1 is 1.07 bits per heavy atom. The molecule has 8 atom stereocenters. The molecular formula is C23H40N2O3. The van der Waals surface area contributed by atoms with Crippen molar-refractivity contribution in [3.63, 3.8) is 0 Å². The Kier molecular flexibility index (Phi) is 5.33. The molecule has 4 saturated carbocycles. The molecule has 4 aliphatic carbocycles. The van der Waals surface area contributed by atoms with Crippen molar-refractivity contribution >= 4 is 5.90 Å². The van der Waals surface area contributed by atoms with Gasteiger partial charge in [-0.2, -0.15) is 0 Å². The molecule has 4 rings (SSSR count). The summed E-state index contributed by atoms with van der Waals surface area (Å²) in [5.74, 6) is 1.86. The molecule has 4 fully saturated rings. The van der Waals surface area contributed by atoms with Crippen LogP contribution in [0, 0.1) is 39.9 Å². The van der Waals surface area contributed by atoms with Crippen molar-refractivity contribution in [2.75, 3.05) is 13.2 Å². The third-order valence-corrected chi connectivity index (χ3v) is 9.75. The van der Waals surface area contributed by atoms with Gasteiger partial charge in [0.15, 0.2) is 5.90 Å². The molecule has 28 heavy (non-hydrogen) atoms. The van der Waals surface area contributed by atoms with Gasteiger partial charge in [-0.1, -0.05) is 13.8 Å². The maximum Gasteiger partial charge on any atom is 0.184 e. The zero-order chi connectivity index (χ0) is 20.2. The topological polar surface area (TPSA) is 99.6 Å². The van der Waals surface area contributed by atoms with Crippen LogP contribution in [-0.2, 0) is 4.74 Å². The van der Waals surface area contributed by atoms with Gasteiger partial charge in [0.2, 0.25) is 0 Å². The highest BCUT2D eigenvalue weighted by molar-refractivity contribution is 5.77. The molecule has 0 aliphatic heterocycles. The molecule has 5 N–H and O–H groups in total. The van der Waals surface area contributed by atoms with Crippen LogP contribution in [0.3, 0.4) is 0 Å². The van der Waals surface area contributed by atoms with Gasteiger partial charge in [-0.3, -0.25) is 5.41 Å². The highest BCUT2D eigenvalue weighted by Gasteiger charge is 2.68. The minimum absolute atomic E-state index is 0.0231. The van der Waals surface area contributed by atoms with Crippen LogP contribution >= 0.6 is 0 Å². The standard InChI is InChI=1S/C23H40N2O3/c1-21-9-6-16(26)14-15(21)4-5-18-17(21)7-10-22(2)19(8-11-23(18,22)27)20(25)28-13-3-12-24/h15-19,25-27H,3-14,24H2,1-2H3/t15-,16+,17+,18-,19-,21+,22-,23+/m1/s1. The van der Waals surface area contributed by atoms with Gasteiger partial charge in [0.05, 0.1) is 18.3 Å². The van der Waals surface area contributed by atoms with Crippen LogP contribution in [0.15, 0.2) is 0 Å². The molecule has 5 nitrogen and oxygen atoms in total. The summed E-state index contributed by atoms with van der Waals surface area (Å²) in [5, 5.41) is 30.8. The van der Waals surface area contributed by atoms with Crippen LogP contribution in [0.5, 0.6) is 0 Å². The Morgan fingerprint density at radius 3 is 2.61 bits per heavy atom. The quantitative estimate of drug-likeness (QED) is 0.334. The second kappa shape index (κ2) is 7.24. The molecule has 0 aromatic heterocycles. The number of rotatable bonds is 4. The van der Waals surface area contributed by atoms with Crippen LogP contribution in [0.1, 0.15) is 78.1 Å². The van der Waals surface area contributed by atoms with E-state index < -0.39 is 5.60 Å². The van der Waals surface area contributed by atoms with Gasteiger partial charge in [0.1, 0.15) is 0 Å². The van der Waals surface area contributed by atoms with Crippen molar-refractivity contribution in [3.8, 4) is 0 Å². The minimum Gasteiger partial charge on any atom is -0.481 e. The van der Waals surface area contributed by atoms with Gasteiger partial charge in [-0.15, -0.1) is 0 Å². The van der Waals surface area contributed by atoms with Gasteiger partial charge in [0, 0.05) is 11.3 Å². The summed E-state index contributed by atoms with van der Waals surface area (Å²) in [4.78, 5) is 0. The molecule has 0 radical (unpaired) electrons. The van der Waals surface area contributed by atoms with Crippen molar-refractivity contribution in [2.45, 2.75) is 89.8 Å². The van der Waals surface area contributed by atoms with Crippen molar-refractivity contribution in [1.82, 2.24) is 0 Å². The summed E-state index contributed by atoms with van der Waals surface area (Å²) in [5.41, 5.74) is 4.87. The lowest BCUT2D eigenvalue weighted by molar-refractivity contribution is -0.207. The zero-order valence-corrected chi connectivity index (χ0v) is 17.8. The fourth-order valence-electron chi connectivity index (χ4n) is 7.99. The van der Waals surface area contributed by atoms with E-state index in [1.54, 1.807) is 0 Å². The molecule has 5 heteroatoms.